The minimum atomic E-state index is -0.230. The van der Waals surface area contributed by atoms with Crippen LogP contribution in [-0.2, 0) is 21.7 Å². The van der Waals surface area contributed by atoms with Crippen LogP contribution in [0.1, 0.15) is 115 Å². The minimum Gasteiger partial charge on any atom is -0.310 e. The Labute approximate surface area is 401 Å². The van der Waals surface area contributed by atoms with Crippen LogP contribution in [0.2, 0.25) is 0 Å². The molecule has 328 valence electrons. The topological polar surface area (TPSA) is 3.24 Å². The average molecular weight is 874 g/mol. The maximum absolute atomic E-state index is 2.62. The maximum Gasteiger partial charge on any atom is 0.0465 e. The van der Waals surface area contributed by atoms with Gasteiger partial charge in [0, 0.05) is 50.6 Å². The van der Waals surface area contributed by atoms with E-state index in [-0.39, 0.29) is 33.5 Å². The third kappa shape index (κ3) is 5.23. The van der Waals surface area contributed by atoms with Crippen molar-refractivity contribution in [1.82, 2.24) is 0 Å². The average Bonchev–Trinajstić information content (AvgIpc) is 3.84. The van der Waals surface area contributed by atoms with Gasteiger partial charge in [0.2, 0.25) is 0 Å². The number of hydrogen-bond donors (Lipinski definition) is 0. The predicted octanol–water partition coefficient (Wildman–Crippen LogP) is 17.6. The molecule has 1 nitrogen and oxygen atoms in total. The number of anilines is 3. The molecule has 0 saturated carbocycles. The van der Waals surface area contributed by atoms with Crippen LogP contribution in [0.3, 0.4) is 0 Å². The molecule has 0 spiro atoms. The highest BCUT2D eigenvalue weighted by Gasteiger charge is 2.55. The lowest BCUT2D eigenvalue weighted by Crippen LogP contribution is -2.34. The first-order valence-electron chi connectivity index (χ1n) is 24.8. The largest absolute Gasteiger partial charge is 0.310 e. The van der Waals surface area contributed by atoms with E-state index in [4.69, 9.17) is 0 Å². The highest BCUT2D eigenvalue weighted by molar-refractivity contribution is 5.98. The molecular weight excluding hydrogens is 819 g/mol. The van der Waals surface area contributed by atoms with Crippen molar-refractivity contribution in [3.63, 3.8) is 0 Å². The van der Waals surface area contributed by atoms with Crippen molar-refractivity contribution in [3.8, 4) is 22.3 Å². The smallest absolute Gasteiger partial charge is 0.0465 e. The lowest BCUT2D eigenvalue weighted by molar-refractivity contribution is 0.312. The summed E-state index contributed by atoms with van der Waals surface area (Å²) in [7, 11) is 0. The molecule has 68 heavy (non-hydrogen) atoms. The zero-order valence-electron chi connectivity index (χ0n) is 39.9. The number of benzene rings is 9. The van der Waals surface area contributed by atoms with Crippen LogP contribution in [0.25, 0.3) is 56.0 Å². The van der Waals surface area contributed by atoms with Crippen LogP contribution in [0, 0.1) is 0 Å². The minimum absolute atomic E-state index is 0.132. The second kappa shape index (κ2) is 13.7. The van der Waals surface area contributed by atoms with Crippen molar-refractivity contribution in [3.05, 3.63) is 244 Å². The van der Waals surface area contributed by atoms with Crippen LogP contribution in [-0.4, -0.2) is 0 Å². The van der Waals surface area contributed by atoms with Gasteiger partial charge in [-0.1, -0.05) is 205 Å². The summed E-state index contributed by atoms with van der Waals surface area (Å²) in [6, 6.07) is 67.8. The first kappa shape index (κ1) is 39.9. The van der Waals surface area contributed by atoms with Crippen molar-refractivity contribution in [2.24, 2.45) is 0 Å². The summed E-state index contributed by atoms with van der Waals surface area (Å²) in [5.74, 6) is 0.389. The summed E-state index contributed by atoms with van der Waals surface area (Å²) >= 11 is 0. The first-order chi connectivity index (χ1) is 32.9. The molecule has 0 fully saturated rings. The Morgan fingerprint density at radius 3 is 1.28 bits per heavy atom. The number of allylic oxidation sites excluding steroid dienone is 2. The molecular formula is C67H55N. The monoisotopic (exact) mass is 873 g/mol. The fourth-order valence-electron chi connectivity index (χ4n) is 14.6. The molecule has 0 aliphatic heterocycles. The lowest BCUT2D eigenvalue weighted by atomic mass is 9.62. The quantitative estimate of drug-likeness (QED) is 0.167. The third-order valence-electron chi connectivity index (χ3n) is 17.8. The molecule has 5 aliphatic rings. The number of nitrogens with zero attached hydrogens (tertiary/aromatic N) is 1. The van der Waals surface area contributed by atoms with E-state index in [1.807, 2.05) is 0 Å². The van der Waals surface area contributed by atoms with Crippen molar-refractivity contribution >= 4 is 50.8 Å². The standard InChI is InChI=1S/C67H55N/c1-64(2)54-25-9-7-21-48(54)50-32-29-45(37-59(50)64)68(46-30-33-51-49-22-8-10-26-55(49)65(3,4)60(51)38-46)47-31-36-58-61(39-47)67(6,57-35-28-44-18-12-16-42-20-14-24-53(57)63(42)44)40-66(58,5)56-34-27-43-17-11-15-41-19-13-23-52(56)62(41)43/h7-39,56-57H,40H2,1-6H3. The van der Waals surface area contributed by atoms with Gasteiger partial charge in [-0.2, -0.15) is 0 Å². The van der Waals surface area contributed by atoms with Gasteiger partial charge < -0.3 is 4.90 Å². The van der Waals surface area contributed by atoms with Gasteiger partial charge in [0.15, 0.2) is 0 Å². The van der Waals surface area contributed by atoms with Crippen LogP contribution in [0.4, 0.5) is 17.1 Å². The van der Waals surface area contributed by atoms with Crippen molar-refractivity contribution in [2.75, 3.05) is 4.90 Å². The molecule has 9 aromatic carbocycles. The molecule has 14 rings (SSSR count). The van der Waals surface area contributed by atoms with Gasteiger partial charge in [0.1, 0.15) is 0 Å². The van der Waals surface area contributed by atoms with E-state index in [9.17, 15) is 0 Å². The second-order valence-corrected chi connectivity index (χ2v) is 22.1. The highest BCUT2D eigenvalue weighted by atomic mass is 15.1. The van der Waals surface area contributed by atoms with Gasteiger partial charge >= 0.3 is 0 Å². The Kier molecular flexibility index (Phi) is 8.04. The van der Waals surface area contributed by atoms with Gasteiger partial charge in [-0.3, -0.25) is 0 Å². The van der Waals surface area contributed by atoms with E-state index in [0.29, 0.717) is 0 Å². The van der Waals surface area contributed by atoms with Gasteiger partial charge in [-0.05, 0) is 142 Å². The summed E-state index contributed by atoms with van der Waals surface area (Å²) in [5, 5.41) is 5.45. The molecule has 4 unspecified atom stereocenters. The first-order valence-corrected chi connectivity index (χ1v) is 24.8. The van der Waals surface area contributed by atoms with E-state index < -0.39 is 0 Å². The van der Waals surface area contributed by atoms with E-state index in [1.54, 1.807) is 0 Å². The number of rotatable bonds is 5. The Balaban J connectivity index is 1.00. The molecule has 0 radical (unpaired) electrons. The molecule has 0 saturated heterocycles. The van der Waals surface area contributed by atoms with Crippen molar-refractivity contribution in [1.29, 1.82) is 0 Å². The molecule has 0 aromatic heterocycles. The molecule has 1 heteroatoms. The third-order valence-corrected chi connectivity index (χ3v) is 17.8. The van der Waals surface area contributed by atoms with Gasteiger partial charge in [0.05, 0.1) is 0 Å². The Bertz CT molecular complexity index is 3610. The van der Waals surface area contributed by atoms with E-state index >= 15 is 0 Å². The maximum atomic E-state index is 2.62. The van der Waals surface area contributed by atoms with E-state index in [1.165, 1.54) is 116 Å². The number of hydrogen-bond acceptors (Lipinski definition) is 1. The van der Waals surface area contributed by atoms with Gasteiger partial charge in [0.25, 0.3) is 0 Å². The van der Waals surface area contributed by atoms with Gasteiger partial charge in [-0.15, -0.1) is 0 Å². The highest BCUT2D eigenvalue weighted by Crippen LogP contribution is 2.64. The summed E-state index contributed by atoms with van der Waals surface area (Å²) in [5.41, 5.74) is 22.3. The van der Waals surface area contributed by atoms with E-state index in [2.05, 4.69) is 247 Å². The molecule has 0 amide bonds. The summed E-state index contributed by atoms with van der Waals surface area (Å²) in [6.45, 7) is 14.8. The lowest BCUT2D eigenvalue weighted by Gasteiger charge is -2.41. The Morgan fingerprint density at radius 2 is 0.779 bits per heavy atom. The second-order valence-electron chi connectivity index (χ2n) is 22.1. The SMILES string of the molecule is CC1(C)c2ccccc2-c2ccc(N(c3ccc4c(c3)C(C)(C)c3ccccc3-4)c3ccc4c(c3)C(C)(C3C=Cc5cccc6cccc3c56)CC4(C)C3C=Cc4cccc5cccc3c45)cc21. The molecule has 5 aliphatic carbocycles. The fraction of sp³-hybridized carbons (Fsp3) is 0.194. The van der Waals surface area contributed by atoms with Crippen LogP contribution in [0.5, 0.6) is 0 Å². The Morgan fingerprint density at radius 1 is 0.368 bits per heavy atom. The number of fused-ring (bicyclic) bond motifs is 7. The normalized spacial score (nSPS) is 22.4. The molecule has 4 atom stereocenters. The van der Waals surface area contributed by atoms with Crippen molar-refractivity contribution < 1.29 is 0 Å². The summed E-state index contributed by atoms with van der Waals surface area (Å²) in [6.07, 6.45) is 10.9. The van der Waals surface area contributed by atoms with Gasteiger partial charge in [-0.25, -0.2) is 0 Å². The molecule has 9 aromatic rings. The van der Waals surface area contributed by atoms with E-state index in [0.717, 1.165) is 6.42 Å². The predicted molar refractivity (Wildman–Crippen MR) is 287 cm³/mol. The summed E-state index contributed by atoms with van der Waals surface area (Å²) in [4.78, 5) is 2.58. The zero-order chi connectivity index (χ0) is 45.9. The zero-order valence-corrected chi connectivity index (χ0v) is 39.9. The van der Waals surface area contributed by atoms with Crippen LogP contribution in [0.15, 0.2) is 188 Å². The summed E-state index contributed by atoms with van der Waals surface area (Å²) < 4.78 is 0. The van der Waals surface area contributed by atoms with Crippen molar-refractivity contribution in [2.45, 2.75) is 81.5 Å². The van der Waals surface area contributed by atoms with Crippen LogP contribution >= 0.6 is 0 Å². The molecule has 0 N–H and O–H groups in total. The molecule has 0 bridgehead atoms. The fourth-order valence-corrected chi connectivity index (χ4v) is 14.6. The Hall–Kier alpha value is -7.22. The molecule has 0 heterocycles. The van der Waals surface area contributed by atoms with Crippen LogP contribution < -0.4 is 4.90 Å².